The van der Waals surface area contributed by atoms with Crippen LogP contribution in [0.5, 0.6) is 0 Å². The number of amides is 1. The van der Waals surface area contributed by atoms with Crippen molar-refractivity contribution in [3.8, 4) is 0 Å². The van der Waals surface area contributed by atoms with E-state index < -0.39 is 5.97 Å². The third-order valence-corrected chi connectivity index (χ3v) is 4.53. The van der Waals surface area contributed by atoms with E-state index in [2.05, 4.69) is 12.1 Å². The van der Waals surface area contributed by atoms with Gasteiger partial charge in [-0.15, -0.1) is 0 Å². The molecule has 0 spiro atoms. The highest BCUT2D eigenvalue weighted by Gasteiger charge is 2.32. The topological polar surface area (TPSA) is 70.7 Å². The molecule has 1 saturated heterocycles. The summed E-state index contributed by atoms with van der Waals surface area (Å²) in [6.45, 7) is 2.48. The van der Waals surface area contributed by atoms with Crippen LogP contribution in [0.3, 0.4) is 0 Å². The predicted molar refractivity (Wildman–Crippen MR) is 89.0 cm³/mol. The molecule has 0 radical (unpaired) electrons. The molecule has 1 aromatic carbocycles. The molecule has 1 amide bonds. The molecule has 0 saturated carbocycles. The minimum absolute atomic E-state index is 0.115. The number of likely N-dealkylation sites (tertiary alicyclic amines) is 1. The van der Waals surface area contributed by atoms with E-state index in [9.17, 15) is 9.59 Å². The number of carboxylic acid groups (broad SMARTS) is 1. The summed E-state index contributed by atoms with van der Waals surface area (Å²) < 4.78 is 5.31. The normalized spacial score (nSPS) is 17.2. The van der Waals surface area contributed by atoms with Gasteiger partial charge in [-0.2, -0.15) is 0 Å². The Morgan fingerprint density at radius 3 is 2.75 bits per heavy atom. The summed E-state index contributed by atoms with van der Waals surface area (Å²) >= 11 is 0. The summed E-state index contributed by atoms with van der Waals surface area (Å²) in [4.78, 5) is 25.9. The second kappa shape index (κ2) is 6.91. The zero-order chi connectivity index (χ0) is 17.1. The molecule has 24 heavy (non-hydrogen) atoms. The minimum atomic E-state index is -0.999. The van der Waals surface area contributed by atoms with E-state index in [-0.39, 0.29) is 24.1 Å². The third-order valence-electron chi connectivity index (χ3n) is 4.53. The Kier molecular flexibility index (Phi) is 4.69. The average molecular weight is 327 g/mol. The molecule has 1 unspecified atom stereocenters. The van der Waals surface area contributed by atoms with Crippen molar-refractivity contribution < 1.29 is 19.1 Å². The molecule has 1 aromatic heterocycles. The van der Waals surface area contributed by atoms with Gasteiger partial charge in [-0.25, -0.2) is 0 Å². The molecule has 1 aliphatic heterocycles. The van der Waals surface area contributed by atoms with Crippen molar-refractivity contribution in [1.29, 1.82) is 0 Å². The Morgan fingerprint density at radius 2 is 2.04 bits per heavy atom. The molecule has 0 aliphatic carbocycles. The van der Waals surface area contributed by atoms with Crippen molar-refractivity contribution in [2.24, 2.45) is 0 Å². The molecule has 1 aliphatic rings. The summed E-state index contributed by atoms with van der Waals surface area (Å²) in [7, 11) is 0. The number of aliphatic carboxylic acids is 1. The Bertz CT molecular complexity index is 735. The van der Waals surface area contributed by atoms with Gasteiger partial charge >= 0.3 is 5.97 Å². The maximum atomic E-state index is 13.0. The Labute approximate surface area is 140 Å². The molecule has 1 fully saturated rings. The lowest BCUT2D eigenvalue weighted by Crippen LogP contribution is -2.37. The molecule has 126 valence electrons. The van der Waals surface area contributed by atoms with Gasteiger partial charge in [-0.1, -0.05) is 30.3 Å². The molecule has 0 bridgehead atoms. The highest BCUT2D eigenvalue weighted by Crippen LogP contribution is 2.27. The second-order valence-corrected chi connectivity index (χ2v) is 6.27. The number of nitrogens with zero attached hydrogens (tertiary/aromatic N) is 1. The average Bonchev–Trinajstić information content (AvgIpc) is 3.14. The molecule has 1 atom stereocenters. The first-order valence-electron chi connectivity index (χ1n) is 8.20. The molecule has 5 heteroatoms. The van der Waals surface area contributed by atoms with Crippen LogP contribution >= 0.6 is 0 Å². The van der Waals surface area contributed by atoms with E-state index in [0.29, 0.717) is 17.7 Å². The van der Waals surface area contributed by atoms with Gasteiger partial charge in [0.2, 0.25) is 0 Å². The number of benzene rings is 1. The monoisotopic (exact) mass is 327 g/mol. The van der Waals surface area contributed by atoms with Gasteiger partial charge in [-0.3, -0.25) is 9.59 Å². The van der Waals surface area contributed by atoms with Gasteiger partial charge in [0.05, 0.1) is 11.8 Å². The van der Waals surface area contributed by atoms with E-state index in [1.807, 2.05) is 23.1 Å². The molecule has 2 aromatic rings. The molecule has 3 rings (SSSR count). The van der Waals surface area contributed by atoms with E-state index in [0.717, 1.165) is 19.3 Å². The van der Waals surface area contributed by atoms with Gasteiger partial charge in [-0.05, 0) is 31.7 Å². The fourth-order valence-corrected chi connectivity index (χ4v) is 3.40. The van der Waals surface area contributed by atoms with Gasteiger partial charge in [0, 0.05) is 18.2 Å². The molecule has 2 heterocycles. The van der Waals surface area contributed by atoms with Crippen molar-refractivity contribution in [1.82, 2.24) is 4.90 Å². The summed E-state index contributed by atoms with van der Waals surface area (Å²) in [5.74, 6) is -0.869. The number of aryl methyl sites for hydroxylation is 1. The summed E-state index contributed by atoms with van der Waals surface area (Å²) in [6, 6.07) is 10.3. The SMILES string of the molecule is Cc1coc(CC(=O)O)c1C(=O)N1CCCC1Cc1ccccc1. The van der Waals surface area contributed by atoms with Gasteiger partial charge in [0.1, 0.15) is 12.2 Å². The van der Waals surface area contributed by atoms with Crippen LogP contribution in [0, 0.1) is 6.92 Å². The summed E-state index contributed by atoms with van der Waals surface area (Å²) in [5.41, 5.74) is 2.32. The lowest BCUT2D eigenvalue weighted by Gasteiger charge is -2.25. The number of carboxylic acids is 1. The fourth-order valence-electron chi connectivity index (χ4n) is 3.40. The smallest absolute Gasteiger partial charge is 0.311 e. The molecule has 5 nitrogen and oxygen atoms in total. The van der Waals surface area contributed by atoms with Crippen molar-refractivity contribution in [3.63, 3.8) is 0 Å². The van der Waals surface area contributed by atoms with Crippen LogP contribution in [0.25, 0.3) is 0 Å². The molecular formula is C19H21NO4. The largest absolute Gasteiger partial charge is 0.481 e. The van der Waals surface area contributed by atoms with E-state index in [1.165, 1.54) is 11.8 Å². The van der Waals surface area contributed by atoms with Crippen LogP contribution in [0.1, 0.15) is 40.1 Å². The molecular weight excluding hydrogens is 306 g/mol. The van der Waals surface area contributed by atoms with Crippen LogP contribution < -0.4 is 0 Å². The molecule has 1 N–H and O–H groups in total. The Balaban J connectivity index is 1.81. The van der Waals surface area contributed by atoms with Crippen LogP contribution in [0.15, 0.2) is 41.0 Å². The second-order valence-electron chi connectivity index (χ2n) is 6.27. The zero-order valence-electron chi connectivity index (χ0n) is 13.7. The first kappa shape index (κ1) is 16.3. The maximum absolute atomic E-state index is 13.0. The number of carbonyl (C=O) groups is 2. The Morgan fingerprint density at radius 1 is 1.29 bits per heavy atom. The number of carbonyl (C=O) groups excluding carboxylic acids is 1. The quantitative estimate of drug-likeness (QED) is 0.916. The van der Waals surface area contributed by atoms with Gasteiger partial charge < -0.3 is 14.4 Å². The highest BCUT2D eigenvalue weighted by molar-refractivity contribution is 5.97. The fraction of sp³-hybridized carbons (Fsp3) is 0.368. The lowest BCUT2D eigenvalue weighted by atomic mass is 10.0. The Hall–Kier alpha value is -2.56. The standard InChI is InChI=1S/C19H21NO4/c1-13-12-24-16(11-17(21)22)18(13)19(23)20-9-5-8-15(20)10-14-6-3-2-4-7-14/h2-4,6-7,12,15H,5,8-11H2,1H3,(H,21,22). The van der Waals surface area contributed by atoms with E-state index in [1.54, 1.807) is 6.92 Å². The summed E-state index contributed by atoms with van der Waals surface area (Å²) in [5, 5.41) is 9.01. The van der Waals surface area contributed by atoms with E-state index >= 15 is 0 Å². The number of hydrogen-bond acceptors (Lipinski definition) is 3. The van der Waals surface area contributed by atoms with Crippen LogP contribution in [0.2, 0.25) is 0 Å². The third kappa shape index (κ3) is 3.35. The number of furan rings is 1. The number of hydrogen-bond donors (Lipinski definition) is 1. The first-order valence-corrected chi connectivity index (χ1v) is 8.20. The van der Waals surface area contributed by atoms with Crippen LogP contribution in [0.4, 0.5) is 0 Å². The van der Waals surface area contributed by atoms with Gasteiger partial charge in [0.25, 0.3) is 5.91 Å². The lowest BCUT2D eigenvalue weighted by molar-refractivity contribution is -0.136. The van der Waals surface area contributed by atoms with E-state index in [4.69, 9.17) is 9.52 Å². The zero-order valence-corrected chi connectivity index (χ0v) is 13.7. The maximum Gasteiger partial charge on any atom is 0.311 e. The van der Waals surface area contributed by atoms with Crippen molar-refractivity contribution in [3.05, 3.63) is 59.0 Å². The van der Waals surface area contributed by atoms with Crippen molar-refractivity contribution >= 4 is 11.9 Å². The highest BCUT2D eigenvalue weighted by atomic mass is 16.4. The number of rotatable bonds is 5. The van der Waals surface area contributed by atoms with Crippen LogP contribution in [-0.4, -0.2) is 34.5 Å². The minimum Gasteiger partial charge on any atom is -0.481 e. The van der Waals surface area contributed by atoms with Crippen molar-refractivity contribution in [2.75, 3.05) is 6.54 Å². The summed E-state index contributed by atoms with van der Waals surface area (Å²) in [6.07, 6.45) is 3.94. The van der Waals surface area contributed by atoms with Gasteiger partial charge in [0.15, 0.2) is 0 Å². The first-order chi connectivity index (χ1) is 11.6. The predicted octanol–water partition coefficient (Wildman–Crippen LogP) is 3.06. The van der Waals surface area contributed by atoms with Crippen molar-refractivity contribution in [2.45, 2.75) is 38.6 Å². The van der Waals surface area contributed by atoms with Crippen LogP contribution in [-0.2, 0) is 17.6 Å².